The molecule has 0 spiro atoms. The van der Waals surface area contributed by atoms with Gasteiger partial charge < -0.3 is 33.8 Å². The molecular formula is C64H124O17P2. The van der Waals surface area contributed by atoms with E-state index in [0.29, 0.717) is 31.6 Å². The van der Waals surface area contributed by atoms with Crippen molar-refractivity contribution in [2.24, 2.45) is 23.7 Å². The molecule has 0 fully saturated rings. The van der Waals surface area contributed by atoms with Crippen LogP contribution in [0.1, 0.15) is 306 Å². The van der Waals surface area contributed by atoms with Crippen molar-refractivity contribution in [2.45, 2.75) is 324 Å². The molecule has 0 bridgehead atoms. The number of carbonyl (C=O) groups excluding carboxylic acids is 4. The smallest absolute Gasteiger partial charge is 0.462 e. The van der Waals surface area contributed by atoms with Crippen molar-refractivity contribution in [3.63, 3.8) is 0 Å². The van der Waals surface area contributed by atoms with Gasteiger partial charge in [0.05, 0.1) is 26.4 Å². The SMILES string of the molecule is CCC(C)CCCCCCCCC(=O)OC[C@H](COP(=O)(O)OC[C@H](O)COP(=O)(O)OC[C@@H](COC(=O)CCCCCCCCCCC(C)C)OC(=O)CCCCCCCCCC(C)C)OC(=O)CCCCCCCCCCCC(C)C. The van der Waals surface area contributed by atoms with Gasteiger partial charge in [-0.3, -0.25) is 37.3 Å². The lowest BCUT2D eigenvalue weighted by Crippen LogP contribution is -2.30. The first-order valence-corrected chi connectivity index (χ1v) is 36.2. The van der Waals surface area contributed by atoms with Crippen LogP contribution in [0, 0.1) is 23.7 Å². The fourth-order valence-electron chi connectivity index (χ4n) is 9.40. The van der Waals surface area contributed by atoms with E-state index in [-0.39, 0.29) is 25.7 Å². The minimum atomic E-state index is -4.95. The highest BCUT2D eigenvalue weighted by Crippen LogP contribution is 2.45. The fourth-order valence-corrected chi connectivity index (χ4v) is 11.0. The van der Waals surface area contributed by atoms with Crippen molar-refractivity contribution in [1.82, 2.24) is 0 Å². The molecule has 0 amide bonds. The molecule has 19 heteroatoms. The highest BCUT2D eigenvalue weighted by molar-refractivity contribution is 7.47. The normalized spacial score (nSPS) is 14.8. The summed E-state index contributed by atoms with van der Waals surface area (Å²) in [6.45, 7) is 13.9. The summed E-state index contributed by atoms with van der Waals surface area (Å²) in [5.74, 6) is 0.748. The second-order valence-electron chi connectivity index (χ2n) is 24.8. The van der Waals surface area contributed by atoms with Crippen molar-refractivity contribution in [1.29, 1.82) is 0 Å². The molecule has 3 unspecified atom stereocenters. The molecule has 3 N–H and O–H groups in total. The van der Waals surface area contributed by atoms with Gasteiger partial charge in [-0.1, -0.05) is 254 Å². The molecule has 6 atom stereocenters. The Kier molecular flexibility index (Phi) is 53.0. The molecule has 0 aliphatic heterocycles. The number of esters is 4. The lowest BCUT2D eigenvalue weighted by molar-refractivity contribution is -0.161. The zero-order valence-electron chi connectivity index (χ0n) is 53.8. The number of carbonyl (C=O) groups is 4. The Morgan fingerprint density at radius 3 is 0.855 bits per heavy atom. The van der Waals surface area contributed by atoms with Gasteiger partial charge in [0.15, 0.2) is 12.2 Å². The van der Waals surface area contributed by atoms with Crippen LogP contribution in [0.4, 0.5) is 0 Å². The van der Waals surface area contributed by atoms with Gasteiger partial charge in [0.1, 0.15) is 19.3 Å². The van der Waals surface area contributed by atoms with Crippen LogP contribution in [-0.4, -0.2) is 96.7 Å². The zero-order valence-corrected chi connectivity index (χ0v) is 55.6. The monoisotopic (exact) mass is 1230 g/mol. The maximum absolute atomic E-state index is 13.0. The first-order chi connectivity index (χ1) is 39.6. The van der Waals surface area contributed by atoms with Gasteiger partial charge in [0.2, 0.25) is 0 Å². The number of hydrogen-bond donors (Lipinski definition) is 3. The molecule has 0 aromatic carbocycles. The van der Waals surface area contributed by atoms with Gasteiger partial charge in [0, 0.05) is 25.7 Å². The molecule has 0 radical (unpaired) electrons. The molecule has 0 aliphatic carbocycles. The Morgan fingerprint density at radius 2 is 0.578 bits per heavy atom. The Morgan fingerprint density at radius 1 is 0.337 bits per heavy atom. The lowest BCUT2D eigenvalue weighted by atomic mass is 10.00. The average Bonchev–Trinajstić information content (AvgIpc) is 3.44. The second-order valence-corrected chi connectivity index (χ2v) is 27.7. The molecule has 17 nitrogen and oxygen atoms in total. The summed E-state index contributed by atoms with van der Waals surface area (Å²) >= 11 is 0. The highest BCUT2D eigenvalue weighted by Gasteiger charge is 2.30. The van der Waals surface area contributed by atoms with Gasteiger partial charge in [-0.05, 0) is 49.4 Å². The van der Waals surface area contributed by atoms with Gasteiger partial charge in [-0.15, -0.1) is 0 Å². The van der Waals surface area contributed by atoms with Crippen molar-refractivity contribution in [3.8, 4) is 0 Å². The van der Waals surface area contributed by atoms with E-state index >= 15 is 0 Å². The zero-order chi connectivity index (χ0) is 61.8. The number of phosphoric acid groups is 2. The summed E-state index contributed by atoms with van der Waals surface area (Å²) in [7, 11) is -9.89. The molecule has 492 valence electrons. The van der Waals surface area contributed by atoms with Gasteiger partial charge in [0.25, 0.3) is 0 Å². The predicted molar refractivity (Wildman–Crippen MR) is 331 cm³/mol. The standard InChI is InChI=1S/C64H124O17P2/c1-9-57(8)43-35-27-22-23-29-37-45-62(67)75-51-60(80-63(68)46-38-30-20-12-10-11-16-24-32-40-54(2)3)53-79-83(72,73)77-49-58(65)48-76-82(70,71)78-52-59(81-64(69)47-39-31-21-15-18-26-34-42-56(6)7)50-74-61(66)44-36-28-19-14-13-17-25-33-41-55(4)5/h54-60,65H,9-53H2,1-8H3,(H,70,71)(H,72,73)/t57?,58-,59-,60-/m1/s1. The van der Waals surface area contributed by atoms with Gasteiger partial charge in [-0.2, -0.15) is 0 Å². The molecule has 0 aromatic rings. The first kappa shape index (κ1) is 81.1. The Bertz CT molecular complexity index is 1660. The highest BCUT2D eigenvalue weighted by atomic mass is 31.2. The van der Waals surface area contributed by atoms with Crippen LogP contribution in [0.5, 0.6) is 0 Å². The molecule has 0 heterocycles. The minimum Gasteiger partial charge on any atom is -0.462 e. The fraction of sp³-hybridized carbons (Fsp3) is 0.938. The third kappa shape index (κ3) is 57.6. The van der Waals surface area contributed by atoms with Crippen LogP contribution < -0.4 is 0 Å². The van der Waals surface area contributed by atoms with Crippen LogP contribution in [0.25, 0.3) is 0 Å². The third-order valence-corrected chi connectivity index (χ3v) is 16.8. The van der Waals surface area contributed by atoms with E-state index in [1.54, 1.807) is 0 Å². The number of aliphatic hydroxyl groups excluding tert-OH is 1. The van der Waals surface area contributed by atoms with Crippen molar-refractivity contribution in [3.05, 3.63) is 0 Å². The topological polar surface area (TPSA) is 237 Å². The summed E-state index contributed by atoms with van der Waals surface area (Å²) < 4.78 is 68.0. The van der Waals surface area contributed by atoms with Crippen molar-refractivity contribution in [2.75, 3.05) is 39.6 Å². The minimum absolute atomic E-state index is 0.102. The molecule has 0 rings (SSSR count). The average molecular weight is 1230 g/mol. The number of rotatable bonds is 61. The molecule has 0 aliphatic rings. The van der Waals surface area contributed by atoms with E-state index in [9.17, 15) is 43.2 Å². The van der Waals surface area contributed by atoms with Crippen molar-refractivity contribution >= 4 is 39.5 Å². The van der Waals surface area contributed by atoms with Crippen LogP contribution in [0.3, 0.4) is 0 Å². The van der Waals surface area contributed by atoms with Crippen LogP contribution in [-0.2, 0) is 65.4 Å². The van der Waals surface area contributed by atoms with E-state index in [0.717, 1.165) is 114 Å². The molecular weight excluding hydrogens is 1100 g/mol. The van der Waals surface area contributed by atoms with Crippen molar-refractivity contribution < 1.29 is 80.2 Å². The number of phosphoric ester groups is 2. The first-order valence-electron chi connectivity index (χ1n) is 33.2. The number of hydrogen-bond acceptors (Lipinski definition) is 15. The van der Waals surface area contributed by atoms with Gasteiger partial charge >= 0.3 is 39.5 Å². The number of unbranched alkanes of at least 4 members (excludes halogenated alkanes) is 26. The summed E-state index contributed by atoms with van der Waals surface area (Å²) in [6.07, 6.45) is 33.6. The van der Waals surface area contributed by atoms with Gasteiger partial charge in [-0.25, -0.2) is 9.13 Å². The van der Waals surface area contributed by atoms with E-state index in [1.165, 1.54) is 103 Å². The number of aliphatic hydroxyl groups is 1. The molecule has 0 saturated heterocycles. The summed E-state index contributed by atoms with van der Waals surface area (Å²) in [5, 5.41) is 10.5. The summed E-state index contributed by atoms with van der Waals surface area (Å²) in [4.78, 5) is 72.2. The Hall–Kier alpha value is -1.94. The quantitative estimate of drug-likeness (QED) is 0.0222. The van der Waals surface area contributed by atoms with Crippen LogP contribution in [0.2, 0.25) is 0 Å². The molecule has 83 heavy (non-hydrogen) atoms. The Balaban J connectivity index is 5.26. The van der Waals surface area contributed by atoms with E-state index < -0.39 is 97.5 Å². The van der Waals surface area contributed by atoms with E-state index in [2.05, 4.69) is 55.4 Å². The Labute approximate surface area is 505 Å². The number of ether oxygens (including phenoxy) is 4. The third-order valence-electron chi connectivity index (χ3n) is 14.9. The molecule has 0 saturated carbocycles. The van der Waals surface area contributed by atoms with Crippen LogP contribution in [0.15, 0.2) is 0 Å². The maximum atomic E-state index is 13.0. The summed E-state index contributed by atoms with van der Waals surface area (Å²) in [6, 6.07) is 0. The largest absolute Gasteiger partial charge is 0.472 e. The van der Waals surface area contributed by atoms with Crippen LogP contribution >= 0.6 is 15.6 Å². The van der Waals surface area contributed by atoms with E-state index in [1.807, 2.05) is 0 Å². The lowest BCUT2D eigenvalue weighted by Gasteiger charge is -2.21. The molecule has 0 aromatic heterocycles. The second kappa shape index (κ2) is 54.2. The maximum Gasteiger partial charge on any atom is 0.472 e. The summed E-state index contributed by atoms with van der Waals surface area (Å²) in [5.41, 5.74) is 0. The predicted octanol–water partition coefficient (Wildman–Crippen LogP) is 17.4. The van der Waals surface area contributed by atoms with E-state index in [4.69, 9.17) is 37.0 Å².